The van der Waals surface area contributed by atoms with Crippen LogP contribution in [0.2, 0.25) is 5.02 Å². The van der Waals surface area contributed by atoms with Crippen LogP contribution in [0.3, 0.4) is 0 Å². The Balaban J connectivity index is 2.32. The molecule has 0 aromatic heterocycles. The first-order chi connectivity index (χ1) is 11.3. The van der Waals surface area contributed by atoms with Crippen molar-refractivity contribution < 1.29 is 4.79 Å². The van der Waals surface area contributed by atoms with Crippen LogP contribution in [0.15, 0.2) is 35.9 Å². The van der Waals surface area contributed by atoms with Crippen molar-refractivity contribution in [2.24, 2.45) is 0 Å². The van der Waals surface area contributed by atoms with Gasteiger partial charge in [-0.05, 0) is 68.2 Å². The topological polar surface area (TPSA) is 52.9 Å². The quantitative estimate of drug-likeness (QED) is 0.623. The van der Waals surface area contributed by atoms with Crippen LogP contribution in [0.5, 0.6) is 0 Å². The van der Waals surface area contributed by atoms with Crippen LogP contribution in [0.4, 0.5) is 5.69 Å². The molecule has 0 fully saturated rings. The highest BCUT2D eigenvalue weighted by Gasteiger charge is 2.12. The molecular weight excluding hydrogens is 320 g/mol. The molecule has 4 heteroatoms. The van der Waals surface area contributed by atoms with E-state index in [0.29, 0.717) is 10.7 Å². The molecule has 3 nitrogen and oxygen atoms in total. The zero-order chi connectivity index (χ0) is 17.9. The lowest BCUT2D eigenvalue weighted by Crippen LogP contribution is -2.13. The fraction of sp³-hybridized carbons (Fsp3) is 0.200. The maximum absolute atomic E-state index is 12.4. The van der Waals surface area contributed by atoms with Crippen molar-refractivity contribution in [1.29, 1.82) is 5.26 Å². The third-order valence-corrected chi connectivity index (χ3v) is 4.23. The van der Waals surface area contributed by atoms with Crippen molar-refractivity contribution in [2.75, 3.05) is 5.32 Å². The van der Waals surface area contributed by atoms with Gasteiger partial charge in [0.15, 0.2) is 0 Å². The van der Waals surface area contributed by atoms with E-state index < -0.39 is 5.91 Å². The summed E-state index contributed by atoms with van der Waals surface area (Å²) in [4.78, 5) is 12.4. The number of carbonyl (C=O) groups is 1. The number of aryl methyl sites for hydroxylation is 4. The van der Waals surface area contributed by atoms with Gasteiger partial charge in [0.05, 0.1) is 0 Å². The molecule has 0 radical (unpaired) electrons. The van der Waals surface area contributed by atoms with E-state index in [-0.39, 0.29) is 5.57 Å². The predicted molar refractivity (Wildman–Crippen MR) is 99.1 cm³/mol. The van der Waals surface area contributed by atoms with Crippen LogP contribution in [0.1, 0.15) is 27.8 Å². The molecule has 2 rings (SSSR count). The number of amides is 1. The Morgan fingerprint density at radius 1 is 1.08 bits per heavy atom. The summed E-state index contributed by atoms with van der Waals surface area (Å²) in [5.74, 6) is -0.447. The van der Waals surface area contributed by atoms with Crippen LogP contribution in [-0.2, 0) is 4.79 Å². The highest BCUT2D eigenvalue weighted by Crippen LogP contribution is 2.22. The lowest BCUT2D eigenvalue weighted by molar-refractivity contribution is -0.112. The highest BCUT2D eigenvalue weighted by molar-refractivity contribution is 6.31. The molecule has 0 bridgehead atoms. The van der Waals surface area contributed by atoms with E-state index in [0.717, 1.165) is 27.8 Å². The number of anilines is 1. The van der Waals surface area contributed by atoms with E-state index in [9.17, 15) is 10.1 Å². The molecule has 0 saturated heterocycles. The number of carbonyl (C=O) groups excluding carboxylic acids is 1. The fourth-order valence-electron chi connectivity index (χ4n) is 2.58. The summed E-state index contributed by atoms with van der Waals surface area (Å²) < 4.78 is 0. The number of nitriles is 1. The van der Waals surface area contributed by atoms with Crippen LogP contribution in [0.25, 0.3) is 6.08 Å². The summed E-state index contributed by atoms with van der Waals surface area (Å²) in [6, 6.07) is 11.3. The van der Waals surface area contributed by atoms with E-state index in [2.05, 4.69) is 5.32 Å². The second-order valence-corrected chi connectivity index (χ2v) is 6.31. The number of hydrogen-bond donors (Lipinski definition) is 1. The second kappa shape index (κ2) is 7.33. The first-order valence-corrected chi connectivity index (χ1v) is 7.96. The molecule has 24 heavy (non-hydrogen) atoms. The number of nitrogens with one attached hydrogen (secondary N) is 1. The number of hydrogen-bond acceptors (Lipinski definition) is 2. The van der Waals surface area contributed by atoms with Gasteiger partial charge in [-0.1, -0.05) is 35.4 Å². The average Bonchev–Trinajstić information content (AvgIpc) is 2.50. The first kappa shape index (κ1) is 17.8. The summed E-state index contributed by atoms with van der Waals surface area (Å²) in [7, 11) is 0. The molecule has 0 saturated carbocycles. The number of nitrogens with zero attached hydrogens (tertiary/aromatic N) is 1. The van der Waals surface area contributed by atoms with Crippen molar-refractivity contribution in [3.8, 4) is 6.07 Å². The number of benzene rings is 2. The molecule has 0 aliphatic heterocycles. The van der Waals surface area contributed by atoms with Gasteiger partial charge in [-0.2, -0.15) is 5.26 Å². The maximum atomic E-state index is 12.4. The maximum Gasteiger partial charge on any atom is 0.266 e. The van der Waals surface area contributed by atoms with E-state index in [1.165, 1.54) is 0 Å². The van der Waals surface area contributed by atoms with Gasteiger partial charge >= 0.3 is 0 Å². The Kier molecular flexibility index (Phi) is 5.43. The molecule has 0 aliphatic rings. The zero-order valence-electron chi connectivity index (χ0n) is 14.2. The average molecular weight is 339 g/mol. The summed E-state index contributed by atoms with van der Waals surface area (Å²) >= 11 is 6.07. The zero-order valence-corrected chi connectivity index (χ0v) is 15.0. The first-order valence-electron chi connectivity index (χ1n) is 7.59. The molecule has 0 aliphatic carbocycles. The molecule has 0 unspecified atom stereocenters. The van der Waals surface area contributed by atoms with E-state index >= 15 is 0 Å². The van der Waals surface area contributed by atoms with Gasteiger partial charge in [0.1, 0.15) is 11.6 Å². The molecule has 2 aromatic carbocycles. The summed E-state index contributed by atoms with van der Waals surface area (Å²) in [6.45, 7) is 7.85. The fourth-order valence-corrected chi connectivity index (χ4v) is 2.76. The molecule has 0 heterocycles. The van der Waals surface area contributed by atoms with Gasteiger partial charge in [-0.15, -0.1) is 0 Å². The van der Waals surface area contributed by atoms with E-state index in [1.807, 2.05) is 52.0 Å². The van der Waals surface area contributed by atoms with Crippen LogP contribution >= 0.6 is 11.6 Å². The van der Waals surface area contributed by atoms with Gasteiger partial charge in [0.25, 0.3) is 5.91 Å². The predicted octanol–water partition coefficient (Wildman–Crippen LogP) is 5.12. The van der Waals surface area contributed by atoms with E-state index in [1.54, 1.807) is 18.2 Å². The number of rotatable bonds is 3. The Morgan fingerprint density at radius 3 is 2.25 bits per heavy atom. The second-order valence-electron chi connectivity index (χ2n) is 5.90. The lowest BCUT2D eigenvalue weighted by Gasteiger charge is -2.09. The molecule has 0 atom stereocenters. The van der Waals surface area contributed by atoms with Crippen LogP contribution in [0, 0.1) is 39.0 Å². The third kappa shape index (κ3) is 4.04. The monoisotopic (exact) mass is 338 g/mol. The largest absolute Gasteiger partial charge is 0.321 e. The highest BCUT2D eigenvalue weighted by atomic mass is 35.5. The smallest absolute Gasteiger partial charge is 0.266 e. The van der Waals surface area contributed by atoms with Crippen LogP contribution in [-0.4, -0.2) is 5.91 Å². The Hall–Kier alpha value is -2.57. The third-order valence-electron chi connectivity index (χ3n) is 3.82. The summed E-state index contributed by atoms with van der Waals surface area (Å²) in [5.41, 5.74) is 5.67. The van der Waals surface area contributed by atoms with Crippen LogP contribution < -0.4 is 5.32 Å². The van der Waals surface area contributed by atoms with Crippen molar-refractivity contribution in [3.05, 3.63) is 68.7 Å². The van der Waals surface area contributed by atoms with Gasteiger partial charge < -0.3 is 5.32 Å². The minimum Gasteiger partial charge on any atom is -0.321 e. The van der Waals surface area contributed by atoms with E-state index in [4.69, 9.17) is 11.6 Å². The molecule has 1 amide bonds. The molecular formula is C20H19ClN2O. The Morgan fingerprint density at radius 2 is 1.71 bits per heavy atom. The van der Waals surface area contributed by atoms with Crippen molar-refractivity contribution in [1.82, 2.24) is 0 Å². The Labute approximate surface area is 147 Å². The van der Waals surface area contributed by atoms with Gasteiger partial charge in [0, 0.05) is 10.7 Å². The standard InChI is InChI=1S/C20H19ClN2O/c1-12-7-14(3)18(15(4)8-12)9-16(11-22)20(24)23-17-6-5-13(2)19(21)10-17/h5-10H,1-4H3,(H,23,24)/b16-9-. The van der Waals surface area contributed by atoms with Crippen molar-refractivity contribution >= 4 is 29.3 Å². The summed E-state index contributed by atoms with van der Waals surface area (Å²) in [6.07, 6.45) is 1.63. The van der Waals surface area contributed by atoms with Gasteiger partial charge in [-0.3, -0.25) is 4.79 Å². The molecule has 0 spiro atoms. The SMILES string of the molecule is Cc1cc(C)c(/C=C(/C#N)C(=O)Nc2ccc(C)c(Cl)c2)c(C)c1. The molecule has 122 valence electrons. The minimum absolute atomic E-state index is 0.0572. The van der Waals surface area contributed by atoms with Crippen molar-refractivity contribution in [3.63, 3.8) is 0 Å². The van der Waals surface area contributed by atoms with Gasteiger partial charge in [0.2, 0.25) is 0 Å². The number of halogens is 1. The van der Waals surface area contributed by atoms with Crippen molar-refractivity contribution in [2.45, 2.75) is 27.7 Å². The normalized spacial score (nSPS) is 11.1. The molecule has 1 N–H and O–H groups in total. The summed E-state index contributed by atoms with van der Waals surface area (Å²) in [5, 5.41) is 12.7. The minimum atomic E-state index is -0.447. The van der Waals surface area contributed by atoms with Gasteiger partial charge in [-0.25, -0.2) is 0 Å². The molecule has 2 aromatic rings. The Bertz CT molecular complexity index is 853. The lowest BCUT2D eigenvalue weighted by atomic mass is 9.98.